The molecule has 6 nitrogen and oxygen atoms in total. The Hall–Kier alpha value is -3.32. The Morgan fingerprint density at radius 1 is 0.903 bits per heavy atom. The van der Waals surface area contributed by atoms with Crippen LogP contribution in [0, 0.1) is 0 Å². The lowest BCUT2D eigenvalue weighted by molar-refractivity contribution is 0.294. The summed E-state index contributed by atoms with van der Waals surface area (Å²) in [7, 11) is 1.14. The lowest BCUT2D eigenvalue weighted by atomic mass is 10.0. The van der Waals surface area contributed by atoms with E-state index in [1.54, 1.807) is 38.2 Å². The van der Waals surface area contributed by atoms with Crippen LogP contribution in [0.2, 0.25) is 0 Å². The second-order valence-electron chi connectivity index (χ2n) is 7.19. The van der Waals surface area contributed by atoms with E-state index < -0.39 is 10.0 Å². The van der Waals surface area contributed by atoms with Gasteiger partial charge in [0.1, 0.15) is 24.4 Å². The standard InChI is InChI=1S/C24H26N2O4S/c1-26(2)18-25-31(27,28)22-13-14-23(29-3)21(16-22)17-30-24-12-8-7-11-20(24)15-19-9-5-4-6-10-19/h4-14,16,18H,15,17H2,1-3H3. The number of sulfonamides is 1. The van der Waals surface area contributed by atoms with E-state index in [-0.39, 0.29) is 11.5 Å². The largest absolute Gasteiger partial charge is 0.496 e. The molecule has 7 heteroatoms. The van der Waals surface area contributed by atoms with Crippen LogP contribution >= 0.6 is 0 Å². The van der Waals surface area contributed by atoms with Crippen molar-refractivity contribution in [3.63, 3.8) is 0 Å². The molecule has 0 radical (unpaired) electrons. The van der Waals surface area contributed by atoms with Gasteiger partial charge in [0, 0.05) is 26.1 Å². The first-order valence-electron chi connectivity index (χ1n) is 9.77. The Kier molecular flexibility index (Phi) is 7.31. The fourth-order valence-corrected chi connectivity index (χ4v) is 3.97. The molecule has 0 saturated heterocycles. The minimum absolute atomic E-state index is 0.0857. The zero-order valence-electron chi connectivity index (χ0n) is 17.9. The van der Waals surface area contributed by atoms with Crippen molar-refractivity contribution in [1.29, 1.82) is 0 Å². The molecule has 0 aliphatic heterocycles. The zero-order valence-corrected chi connectivity index (χ0v) is 18.7. The summed E-state index contributed by atoms with van der Waals surface area (Å²) in [4.78, 5) is 1.65. The van der Waals surface area contributed by atoms with E-state index >= 15 is 0 Å². The van der Waals surface area contributed by atoms with Crippen molar-refractivity contribution in [2.45, 2.75) is 17.9 Å². The molecule has 0 N–H and O–H groups in total. The Balaban J connectivity index is 1.83. The lowest BCUT2D eigenvalue weighted by Crippen LogP contribution is -2.10. The summed E-state index contributed by atoms with van der Waals surface area (Å²) in [5, 5.41) is 0. The van der Waals surface area contributed by atoms with Crippen molar-refractivity contribution in [2.24, 2.45) is 4.40 Å². The monoisotopic (exact) mass is 438 g/mol. The van der Waals surface area contributed by atoms with E-state index in [1.807, 2.05) is 42.5 Å². The van der Waals surface area contributed by atoms with Gasteiger partial charge in [0.05, 0.1) is 12.0 Å². The number of hydrogen-bond donors (Lipinski definition) is 0. The molecule has 0 fully saturated rings. The topological polar surface area (TPSA) is 68.2 Å². The van der Waals surface area contributed by atoms with E-state index in [0.717, 1.165) is 17.7 Å². The quantitative estimate of drug-likeness (QED) is 0.371. The highest BCUT2D eigenvalue weighted by molar-refractivity contribution is 7.90. The minimum Gasteiger partial charge on any atom is -0.496 e. The average Bonchev–Trinajstić information content (AvgIpc) is 2.77. The van der Waals surface area contributed by atoms with Gasteiger partial charge in [-0.05, 0) is 35.4 Å². The molecule has 3 aromatic rings. The van der Waals surface area contributed by atoms with Crippen molar-refractivity contribution in [1.82, 2.24) is 4.90 Å². The third-order valence-corrected chi connectivity index (χ3v) is 5.78. The Morgan fingerprint density at radius 3 is 2.32 bits per heavy atom. The van der Waals surface area contributed by atoms with Crippen LogP contribution in [-0.2, 0) is 23.1 Å². The molecule has 3 rings (SSSR count). The molecule has 0 aliphatic rings. The first-order chi connectivity index (χ1) is 14.9. The SMILES string of the molecule is COc1ccc(S(=O)(=O)N=CN(C)C)cc1COc1ccccc1Cc1ccccc1. The number of benzene rings is 3. The highest BCUT2D eigenvalue weighted by atomic mass is 32.2. The molecule has 31 heavy (non-hydrogen) atoms. The van der Waals surface area contributed by atoms with Crippen molar-refractivity contribution in [3.8, 4) is 11.5 Å². The van der Waals surface area contributed by atoms with Crippen LogP contribution in [0.5, 0.6) is 11.5 Å². The van der Waals surface area contributed by atoms with Crippen molar-refractivity contribution >= 4 is 16.4 Å². The van der Waals surface area contributed by atoms with Gasteiger partial charge in [0.25, 0.3) is 10.0 Å². The maximum absolute atomic E-state index is 12.5. The van der Waals surface area contributed by atoms with Crippen molar-refractivity contribution < 1.29 is 17.9 Å². The van der Waals surface area contributed by atoms with Crippen LogP contribution in [0.3, 0.4) is 0 Å². The van der Waals surface area contributed by atoms with Gasteiger partial charge in [0.15, 0.2) is 0 Å². The van der Waals surface area contributed by atoms with E-state index in [2.05, 4.69) is 16.5 Å². The van der Waals surface area contributed by atoms with Crippen LogP contribution in [0.4, 0.5) is 0 Å². The van der Waals surface area contributed by atoms with E-state index in [9.17, 15) is 8.42 Å². The highest BCUT2D eigenvalue weighted by Gasteiger charge is 2.16. The normalized spacial score (nSPS) is 11.5. The average molecular weight is 439 g/mol. The molecule has 0 aliphatic carbocycles. The fourth-order valence-electron chi connectivity index (χ4n) is 3.01. The van der Waals surface area contributed by atoms with Crippen molar-refractivity contribution in [3.05, 3.63) is 89.5 Å². The molecular weight excluding hydrogens is 412 g/mol. The molecule has 0 atom stereocenters. The van der Waals surface area contributed by atoms with Crippen LogP contribution in [0.25, 0.3) is 0 Å². The number of rotatable bonds is 9. The van der Waals surface area contributed by atoms with Crippen LogP contribution < -0.4 is 9.47 Å². The lowest BCUT2D eigenvalue weighted by Gasteiger charge is -2.14. The molecule has 162 valence electrons. The van der Waals surface area contributed by atoms with Gasteiger partial charge in [-0.25, -0.2) is 0 Å². The fraction of sp³-hybridized carbons (Fsp3) is 0.208. The van der Waals surface area contributed by atoms with Gasteiger partial charge in [-0.2, -0.15) is 8.42 Å². The Morgan fingerprint density at radius 2 is 1.61 bits per heavy atom. The van der Waals surface area contributed by atoms with Gasteiger partial charge in [-0.15, -0.1) is 4.40 Å². The first-order valence-corrected chi connectivity index (χ1v) is 11.2. The van der Waals surface area contributed by atoms with E-state index in [4.69, 9.17) is 9.47 Å². The van der Waals surface area contributed by atoms with Crippen LogP contribution in [-0.4, -0.2) is 40.9 Å². The molecule has 0 unspecified atom stereocenters. The molecule has 0 saturated carbocycles. The molecule has 0 heterocycles. The van der Waals surface area contributed by atoms with Crippen LogP contribution in [0.15, 0.2) is 82.1 Å². The van der Waals surface area contributed by atoms with Gasteiger partial charge >= 0.3 is 0 Å². The number of hydrogen-bond acceptors (Lipinski definition) is 4. The molecule has 0 bridgehead atoms. The van der Waals surface area contributed by atoms with Gasteiger partial charge < -0.3 is 14.4 Å². The summed E-state index contributed by atoms with van der Waals surface area (Å²) in [6, 6.07) is 22.6. The summed E-state index contributed by atoms with van der Waals surface area (Å²) in [5.74, 6) is 1.29. The maximum atomic E-state index is 12.5. The second-order valence-corrected chi connectivity index (χ2v) is 8.82. The maximum Gasteiger partial charge on any atom is 0.283 e. The van der Waals surface area contributed by atoms with Gasteiger partial charge in [0.2, 0.25) is 0 Å². The summed E-state index contributed by atoms with van der Waals surface area (Å²) >= 11 is 0. The number of para-hydroxylation sites is 1. The summed E-state index contributed by atoms with van der Waals surface area (Å²) in [6.45, 7) is 0.162. The molecule has 0 aromatic heterocycles. The Labute approximate surface area is 183 Å². The first kappa shape index (κ1) is 22.4. The van der Waals surface area contributed by atoms with E-state index in [1.165, 1.54) is 18.0 Å². The molecule has 0 amide bonds. The summed E-state index contributed by atoms with van der Waals surface area (Å²) in [6.07, 6.45) is 2.00. The zero-order chi connectivity index (χ0) is 22.3. The number of ether oxygens (including phenoxy) is 2. The van der Waals surface area contributed by atoms with E-state index in [0.29, 0.717) is 11.3 Å². The molecular formula is C24H26N2O4S. The number of nitrogens with zero attached hydrogens (tertiary/aromatic N) is 2. The predicted octanol–water partition coefficient (Wildman–Crippen LogP) is 4.14. The predicted molar refractivity (Wildman–Crippen MR) is 122 cm³/mol. The second kappa shape index (κ2) is 10.1. The smallest absolute Gasteiger partial charge is 0.283 e. The Bertz CT molecular complexity index is 1140. The molecule has 0 spiro atoms. The summed E-state index contributed by atoms with van der Waals surface area (Å²) in [5.41, 5.74) is 2.85. The minimum atomic E-state index is -3.82. The third-order valence-electron chi connectivity index (χ3n) is 4.56. The van der Waals surface area contributed by atoms with Gasteiger partial charge in [-0.1, -0.05) is 48.5 Å². The van der Waals surface area contributed by atoms with Gasteiger partial charge in [-0.3, -0.25) is 0 Å². The molecule has 3 aromatic carbocycles. The number of methoxy groups -OCH3 is 1. The third kappa shape index (κ3) is 6.08. The van der Waals surface area contributed by atoms with Crippen LogP contribution in [0.1, 0.15) is 16.7 Å². The van der Waals surface area contributed by atoms with Crippen molar-refractivity contribution in [2.75, 3.05) is 21.2 Å². The highest BCUT2D eigenvalue weighted by Crippen LogP contribution is 2.27. The summed E-state index contributed by atoms with van der Waals surface area (Å²) < 4.78 is 40.2.